The van der Waals surface area contributed by atoms with Crippen molar-refractivity contribution >= 4 is 10.9 Å². The number of nitriles is 1. The largest absolute Gasteiger partial charge is 0.345 e. The van der Waals surface area contributed by atoms with Gasteiger partial charge in [0, 0.05) is 23.1 Å². The van der Waals surface area contributed by atoms with Gasteiger partial charge in [-0.15, -0.1) is 0 Å². The van der Waals surface area contributed by atoms with Gasteiger partial charge in [0.1, 0.15) is 0 Å². The minimum atomic E-state index is 0.443. The van der Waals surface area contributed by atoms with E-state index in [0.717, 1.165) is 5.56 Å². The summed E-state index contributed by atoms with van der Waals surface area (Å²) in [6, 6.07) is 8.61. The third-order valence-electron chi connectivity index (χ3n) is 3.17. The lowest BCUT2D eigenvalue weighted by Crippen LogP contribution is -1.98. The maximum atomic E-state index is 8.99. The lowest BCUT2D eigenvalue weighted by atomic mass is 10.0. The topological polar surface area (TPSA) is 28.7 Å². The second-order valence-electron chi connectivity index (χ2n) is 5.08. The Balaban J connectivity index is 2.77. The first-order valence-corrected chi connectivity index (χ1v) is 6.09. The van der Waals surface area contributed by atoms with Crippen LogP contribution < -0.4 is 0 Å². The zero-order chi connectivity index (χ0) is 12.6. The monoisotopic (exact) mass is 226 g/mol. The van der Waals surface area contributed by atoms with E-state index < -0.39 is 0 Å². The lowest BCUT2D eigenvalue weighted by Gasteiger charge is -2.08. The van der Waals surface area contributed by atoms with E-state index in [1.165, 1.54) is 16.5 Å². The summed E-state index contributed by atoms with van der Waals surface area (Å²) in [5.74, 6) is 0.478. The fraction of sp³-hybridized carbons (Fsp3) is 0.400. The van der Waals surface area contributed by atoms with Gasteiger partial charge in [0.05, 0.1) is 11.6 Å². The van der Waals surface area contributed by atoms with E-state index in [9.17, 15) is 0 Å². The van der Waals surface area contributed by atoms with Gasteiger partial charge in [0.15, 0.2) is 0 Å². The Labute approximate surface area is 102 Å². The number of aromatic nitrogens is 1. The predicted octanol–water partition coefficient (Wildman–Crippen LogP) is 4.22. The summed E-state index contributed by atoms with van der Waals surface area (Å²) in [5.41, 5.74) is 3.29. The smallest absolute Gasteiger partial charge is 0.0991 e. The fourth-order valence-corrected chi connectivity index (χ4v) is 2.24. The van der Waals surface area contributed by atoms with Crippen LogP contribution in [0.4, 0.5) is 0 Å². The summed E-state index contributed by atoms with van der Waals surface area (Å²) in [4.78, 5) is 0. The first kappa shape index (κ1) is 11.7. The normalized spacial score (nSPS) is 11.4. The molecule has 0 aliphatic rings. The van der Waals surface area contributed by atoms with E-state index in [1.54, 1.807) is 0 Å². The Kier molecular flexibility index (Phi) is 2.93. The molecular formula is C15H18N2. The minimum Gasteiger partial charge on any atom is -0.345 e. The molecule has 2 aromatic rings. The van der Waals surface area contributed by atoms with Crippen molar-refractivity contribution in [3.8, 4) is 6.07 Å². The molecule has 1 heterocycles. The van der Waals surface area contributed by atoms with Crippen molar-refractivity contribution in [1.29, 1.82) is 5.26 Å². The van der Waals surface area contributed by atoms with E-state index in [0.29, 0.717) is 12.0 Å². The van der Waals surface area contributed by atoms with Crippen LogP contribution in [0.15, 0.2) is 24.4 Å². The summed E-state index contributed by atoms with van der Waals surface area (Å²) < 4.78 is 2.28. The lowest BCUT2D eigenvalue weighted by molar-refractivity contribution is 0.619. The number of fused-ring (bicyclic) bond motifs is 1. The van der Waals surface area contributed by atoms with Crippen molar-refractivity contribution < 1.29 is 0 Å². The van der Waals surface area contributed by atoms with Crippen molar-refractivity contribution in [1.82, 2.24) is 4.57 Å². The minimum absolute atomic E-state index is 0.443. The van der Waals surface area contributed by atoms with Crippen LogP contribution in [0, 0.1) is 11.3 Å². The van der Waals surface area contributed by atoms with Gasteiger partial charge in [-0.05, 0) is 43.5 Å². The summed E-state index contributed by atoms with van der Waals surface area (Å²) >= 11 is 0. The van der Waals surface area contributed by atoms with Crippen LogP contribution in [0.2, 0.25) is 0 Å². The summed E-state index contributed by atoms with van der Waals surface area (Å²) in [6.45, 7) is 8.75. The molecule has 2 nitrogen and oxygen atoms in total. The van der Waals surface area contributed by atoms with Gasteiger partial charge in [-0.1, -0.05) is 13.8 Å². The van der Waals surface area contributed by atoms with E-state index in [4.69, 9.17) is 5.26 Å². The van der Waals surface area contributed by atoms with Gasteiger partial charge < -0.3 is 4.57 Å². The van der Waals surface area contributed by atoms with Gasteiger partial charge >= 0.3 is 0 Å². The van der Waals surface area contributed by atoms with Crippen LogP contribution in [0.3, 0.4) is 0 Å². The molecule has 1 aromatic heterocycles. The van der Waals surface area contributed by atoms with E-state index in [-0.39, 0.29) is 0 Å². The molecule has 0 radical (unpaired) electrons. The van der Waals surface area contributed by atoms with Crippen molar-refractivity contribution in [2.75, 3.05) is 0 Å². The average molecular weight is 226 g/mol. The molecule has 0 fully saturated rings. The molecule has 1 aromatic carbocycles. The van der Waals surface area contributed by atoms with E-state index in [2.05, 4.69) is 50.6 Å². The molecule has 0 N–H and O–H groups in total. The Hall–Kier alpha value is -1.75. The van der Waals surface area contributed by atoms with E-state index >= 15 is 0 Å². The van der Waals surface area contributed by atoms with E-state index in [1.807, 2.05) is 12.1 Å². The molecule has 0 amide bonds. The zero-order valence-electron chi connectivity index (χ0n) is 10.9. The fourth-order valence-electron chi connectivity index (χ4n) is 2.24. The third kappa shape index (κ3) is 1.93. The SMILES string of the molecule is CC(C)c1cn(C(C)C)c2ccc(C#N)cc12. The molecular weight excluding hydrogens is 208 g/mol. The average Bonchev–Trinajstić information content (AvgIpc) is 2.67. The van der Waals surface area contributed by atoms with Crippen molar-refractivity contribution in [2.45, 2.75) is 39.7 Å². The highest BCUT2D eigenvalue weighted by atomic mass is 15.0. The third-order valence-corrected chi connectivity index (χ3v) is 3.17. The van der Waals surface area contributed by atoms with Gasteiger partial charge in [-0.3, -0.25) is 0 Å². The quantitative estimate of drug-likeness (QED) is 0.753. The molecule has 0 atom stereocenters. The summed E-state index contributed by atoms with van der Waals surface area (Å²) in [7, 11) is 0. The molecule has 17 heavy (non-hydrogen) atoms. The maximum absolute atomic E-state index is 8.99. The van der Waals surface area contributed by atoms with Crippen LogP contribution in [0.5, 0.6) is 0 Å². The van der Waals surface area contributed by atoms with Gasteiger partial charge in [-0.25, -0.2) is 0 Å². The molecule has 0 aliphatic heterocycles. The van der Waals surface area contributed by atoms with Gasteiger partial charge in [0.25, 0.3) is 0 Å². The van der Waals surface area contributed by atoms with Crippen LogP contribution in [-0.4, -0.2) is 4.57 Å². The number of hydrogen-bond acceptors (Lipinski definition) is 1. The number of nitrogens with zero attached hydrogens (tertiary/aromatic N) is 2. The van der Waals surface area contributed by atoms with Crippen LogP contribution >= 0.6 is 0 Å². The molecule has 0 bridgehead atoms. The molecule has 88 valence electrons. The standard InChI is InChI=1S/C15H18N2/c1-10(2)14-9-17(11(3)4)15-6-5-12(8-16)7-13(14)15/h5-7,9-11H,1-4H3. The van der Waals surface area contributed by atoms with Crippen molar-refractivity contribution in [2.24, 2.45) is 0 Å². The number of rotatable bonds is 2. The Morgan fingerprint density at radius 2 is 1.88 bits per heavy atom. The van der Waals surface area contributed by atoms with Crippen molar-refractivity contribution in [3.05, 3.63) is 35.5 Å². The zero-order valence-corrected chi connectivity index (χ0v) is 10.9. The maximum Gasteiger partial charge on any atom is 0.0991 e. The summed E-state index contributed by atoms with van der Waals surface area (Å²) in [5, 5.41) is 10.2. The molecule has 2 heteroatoms. The molecule has 2 rings (SSSR count). The molecule has 0 spiro atoms. The van der Waals surface area contributed by atoms with Crippen molar-refractivity contribution in [3.63, 3.8) is 0 Å². The highest BCUT2D eigenvalue weighted by molar-refractivity contribution is 5.86. The Morgan fingerprint density at radius 1 is 1.18 bits per heavy atom. The Morgan fingerprint density at radius 3 is 2.41 bits per heavy atom. The first-order valence-electron chi connectivity index (χ1n) is 6.09. The highest BCUT2D eigenvalue weighted by Crippen LogP contribution is 2.30. The molecule has 0 saturated heterocycles. The molecule has 0 unspecified atom stereocenters. The highest BCUT2D eigenvalue weighted by Gasteiger charge is 2.13. The van der Waals surface area contributed by atoms with Crippen LogP contribution in [-0.2, 0) is 0 Å². The second kappa shape index (κ2) is 4.25. The molecule has 0 saturated carbocycles. The number of hydrogen-bond donors (Lipinski definition) is 0. The second-order valence-corrected chi connectivity index (χ2v) is 5.08. The van der Waals surface area contributed by atoms with Gasteiger partial charge in [0.2, 0.25) is 0 Å². The number of benzene rings is 1. The predicted molar refractivity (Wildman–Crippen MR) is 71.1 cm³/mol. The molecule has 0 aliphatic carbocycles. The first-order chi connectivity index (χ1) is 8.04. The van der Waals surface area contributed by atoms with Gasteiger partial charge in [-0.2, -0.15) is 5.26 Å². The van der Waals surface area contributed by atoms with Crippen LogP contribution in [0.1, 0.15) is 50.8 Å². The van der Waals surface area contributed by atoms with Crippen LogP contribution in [0.25, 0.3) is 10.9 Å². The summed E-state index contributed by atoms with van der Waals surface area (Å²) in [6.07, 6.45) is 2.22. The Bertz CT molecular complexity index is 583.